The van der Waals surface area contributed by atoms with Gasteiger partial charge in [-0.1, -0.05) is 78.1 Å². The average Bonchev–Trinajstić information content (AvgIpc) is 2.36. The van der Waals surface area contributed by atoms with Crippen LogP contribution in [0, 0.1) is 5.92 Å². The van der Waals surface area contributed by atoms with Crippen molar-refractivity contribution in [1.82, 2.24) is 0 Å². The van der Waals surface area contributed by atoms with Gasteiger partial charge in [0.15, 0.2) is 0 Å². The van der Waals surface area contributed by atoms with E-state index in [-0.39, 0.29) is 0 Å². The first-order valence-electron chi connectivity index (χ1n) is 7.41. The molecule has 1 saturated carbocycles. The van der Waals surface area contributed by atoms with E-state index in [9.17, 15) is 0 Å². The smallest absolute Gasteiger partial charge is 0.0223 e. The van der Waals surface area contributed by atoms with Crippen molar-refractivity contribution < 1.29 is 0 Å². The lowest BCUT2D eigenvalue weighted by Crippen LogP contribution is -2.05. The second kappa shape index (κ2) is 13.4. The van der Waals surface area contributed by atoms with Crippen molar-refractivity contribution in [2.45, 2.75) is 84.5 Å². The maximum Gasteiger partial charge on any atom is 0.0223 e. The fraction of sp³-hybridized carbons (Fsp3) is 1.00. The minimum absolute atomic E-state index is 0.827. The molecule has 0 nitrogen and oxygen atoms in total. The Labute approximate surface area is 108 Å². The van der Waals surface area contributed by atoms with Crippen LogP contribution in [-0.2, 0) is 0 Å². The van der Waals surface area contributed by atoms with Crippen LogP contribution in [0.25, 0.3) is 0 Å². The fourth-order valence-corrected chi connectivity index (χ4v) is 2.50. The van der Waals surface area contributed by atoms with E-state index in [1.165, 1.54) is 70.6 Å². The third-order valence-electron chi connectivity index (χ3n) is 3.43. The lowest BCUT2D eigenvalue weighted by Gasteiger charge is -2.20. The number of alkyl halides is 1. The Morgan fingerprint density at radius 3 is 1.94 bits per heavy atom. The fourth-order valence-electron chi connectivity index (χ4n) is 2.31. The zero-order valence-electron chi connectivity index (χ0n) is 11.4. The summed E-state index contributed by atoms with van der Waals surface area (Å²) in [7, 11) is 0. The Kier molecular flexibility index (Phi) is 13.6. The van der Waals surface area contributed by atoms with Crippen LogP contribution in [0.5, 0.6) is 0 Å². The van der Waals surface area contributed by atoms with Crippen molar-refractivity contribution in [2.24, 2.45) is 5.92 Å². The van der Waals surface area contributed by atoms with Gasteiger partial charge in [-0.15, -0.1) is 11.6 Å². The molecule has 0 aromatic rings. The van der Waals surface area contributed by atoms with E-state index < -0.39 is 0 Å². The molecule has 0 unspecified atom stereocenters. The summed E-state index contributed by atoms with van der Waals surface area (Å²) in [6.45, 7) is 4.47. The molecular weight excluding hydrogens is 216 g/mol. The minimum Gasteiger partial charge on any atom is -0.127 e. The molecular formula is C15H31Cl. The second-order valence-corrected chi connectivity index (χ2v) is 5.42. The molecule has 0 radical (unpaired) electrons. The Balaban J connectivity index is 0.000000325. The number of rotatable bonds is 6. The molecule has 0 amide bonds. The van der Waals surface area contributed by atoms with Crippen molar-refractivity contribution in [3.05, 3.63) is 0 Å². The summed E-state index contributed by atoms with van der Waals surface area (Å²) in [6.07, 6.45) is 15.7. The first-order chi connectivity index (χ1) is 7.85. The van der Waals surface area contributed by atoms with Gasteiger partial charge in [-0.3, -0.25) is 0 Å². The van der Waals surface area contributed by atoms with Gasteiger partial charge in [-0.05, 0) is 12.3 Å². The number of unbranched alkanes of at least 4 members (excludes halogenated alkanes) is 3. The summed E-state index contributed by atoms with van der Waals surface area (Å²) in [6, 6.07) is 0. The Morgan fingerprint density at radius 2 is 1.50 bits per heavy atom. The second-order valence-electron chi connectivity index (χ2n) is 5.04. The SMILES string of the molecule is CCCCC1CCCCC1.CCCCCCl. The summed E-state index contributed by atoms with van der Waals surface area (Å²) in [5.74, 6) is 1.93. The largest absolute Gasteiger partial charge is 0.127 e. The van der Waals surface area contributed by atoms with Crippen LogP contribution in [0.15, 0.2) is 0 Å². The Hall–Kier alpha value is 0.290. The Morgan fingerprint density at radius 1 is 0.875 bits per heavy atom. The Bertz CT molecular complexity index is 113. The molecule has 0 N–H and O–H groups in total. The third kappa shape index (κ3) is 10.8. The molecule has 1 aliphatic rings. The average molecular weight is 247 g/mol. The van der Waals surface area contributed by atoms with E-state index in [1.807, 2.05) is 0 Å². The van der Waals surface area contributed by atoms with Crippen LogP contribution < -0.4 is 0 Å². The monoisotopic (exact) mass is 246 g/mol. The van der Waals surface area contributed by atoms with E-state index >= 15 is 0 Å². The lowest BCUT2D eigenvalue weighted by molar-refractivity contribution is 0.331. The molecule has 16 heavy (non-hydrogen) atoms. The first kappa shape index (κ1) is 16.3. The van der Waals surface area contributed by atoms with Crippen molar-refractivity contribution in [3.8, 4) is 0 Å². The molecule has 0 aromatic heterocycles. The predicted molar refractivity (Wildman–Crippen MR) is 76.3 cm³/mol. The molecule has 0 atom stereocenters. The van der Waals surface area contributed by atoms with Crippen molar-refractivity contribution >= 4 is 11.6 Å². The van der Waals surface area contributed by atoms with Gasteiger partial charge in [0.05, 0.1) is 0 Å². The molecule has 1 aliphatic carbocycles. The number of hydrogen-bond acceptors (Lipinski definition) is 0. The number of hydrogen-bond donors (Lipinski definition) is 0. The van der Waals surface area contributed by atoms with Gasteiger partial charge >= 0.3 is 0 Å². The normalized spacial score (nSPS) is 16.7. The van der Waals surface area contributed by atoms with E-state index in [4.69, 9.17) is 11.6 Å². The first-order valence-corrected chi connectivity index (χ1v) is 7.94. The van der Waals surface area contributed by atoms with E-state index in [1.54, 1.807) is 0 Å². The van der Waals surface area contributed by atoms with Gasteiger partial charge in [-0.2, -0.15) is 0 Å². The van der Waals surface area contributed by atoms with Crippen molar-refractivity contribution in [1.29, 1.82) is 0 Å². The molecule has 0 saturated heterocycles. The molecule has 98 valence electrons. The maximum absolute atomic E-state index is 5.38. The van der Waals surface area contributed by atoms with Crippen LogP contribution in [-0.4, -0.2) is 5.88 Å². The highest BCUT2D eigenvalue weighted by molar-refractivity contribution is 6.17. The molecule has 0 spiro atoms. The van der Waals surface area contributed by atoms with E-state index in [0.29, 0.717) is 0 Å². The molecule has 1 heteroatoms. The topological polar surface area (TPSA) is 0 Å². The molecule has 0 aliphatic heterocycles. The van der Waals surface area contributed by atoms with Crippen LogP contribution in [0.4, 0.5) is 0 Å². The zero-order valence-corrected chi connectivity index (χ0v) is 12.2. The minimum atomic E-state index is 0.827. The highest BCUT2D eigenvalue weighted by atomic mass is 35.5. The van der Waals surface area contributed by atoms with Gasteiger partial charge in [-0.25, -0.2) is 0 Å². The standard InChI is InChI=1S/C10H20.C5H11Cl/c1-2-3-7-10-8-5-4-6-9-10;1-2-3-4-5-6/h10H,2-9H2,1H3;2-5H2,1H3. The van der Waals surface area contributed by atoms with Crippen LogP contribution >= 0.6 is 11.6 Å². The summed E-state index contributed by atoms with van der Waals surface area (Å²) in [5.41, 5.74) is 0. The van der Waals surface area contributed by atoms with Gasteiger partial charge in [0.1, 0.15) is 0 Å². The molecule has 1 rings (SSSR count). The van der Waals surface area contributed by atoms with Gasteiger partial charge in [0.25, 0.3) is 0 Å². The van der Waals surface area contributed by atoms with Crippen molar-refractivity contribution in [2.75, 3.05) is 5.88 Å². The summed E-state index contributed by atoms with van der Waals surface area (Å²) < 4.78 is 0. The van der Waals surface area contributed by atoms with Crippen LogP contribution in [0.1, 0.15) is 84.5 Å². The van der Waals surface area contributed by atoms with Gasteiger partial charge < -0.3 is 0 Å². The third-order valence-corrected chi connectivity index (χ3v) is 3.70. The lowest BCUT2D eigenvalue weighted by atomic mass is 9.86. The van der Waals surface area contributed by atoms with Crippen molar-refractivity contribution in [3.63, 3.8) is 0 Å². The molecule has 0 heterocycles. The number of halogens is 1. The molecule has 0 aromatic carbocycles. The predicted octanol–water partition coefficient (Wildman–Crippen LogP) is 6.17. The highest BCUT2D eigenvalue weighted by Gasteiger charge is 2.11. The maximum atomic E-state index is 5.38. The van der Waals surface area contributed by atoms with E-state index in [2.05, 4.69) is 13.8 Å². The van der Waals surface area contributed by atoms with Gasteiger partial charge in [0, 0.05) is 5.88 Å². The molecule has 0 bridgehead atoms. The summed E-state index contributed by atoms with van der Waals surface area (Å²) in [5, 5.41) is 0. The van der Waals surface area contributed by atoms with E-state index in [0.717, 1.165) is 11.8 Å². The molecule has 1 fully saturated rings. The summed E-state index contributed by atoms with van der Waals surface area (Å²) in [4.78, 5) is 0. The van der Waals surface area contributed by atoms with Gasteiger partial charge in [0.2, 0.25) is 0 Å². The van der Waals surface area contributed by atoms with Crippen LogP contribution in [0.3, 0.4) is 0 Å². The summed E-state index contributed by atoms with van der Waals surface area (Å²) >= 11 is 5.38. The highest BCUT2D eigenvalue weighted by Crippen LogP contribution is 2.27. The quantitative estimate of drug-likeness (QED) is 0.388. The van der Waals surface area contributed by atoms with Crippen LogP contribution in [0.2, 0.25) is 0 Å². The zero-order chi connectivity index (χ0) is 12.1.